The molecule has 1 heterocycles. The number of hydrogen-bond acceptors (Lipinski definition) is 6. The SMILES string of the molecule is CCOc1nc(-c2ccc3cc4ccccc4cc3c2)nc(-c2ccc(O)cc2O)n1. The summed E-state index contributed by atoms with van der Waals surface area (Å²) in [6.45, 7) is 2.25. The van der Waals surface area contributed by atoms with Crippen LogP contribution in [0.15, 0.2) is 72.8 Å². The van der Waals surface area contributed by atoms with E-state index < -0.39 is 0 Å². The molecule has 0 spiro atoms. The lowest BCUT2D eigenvalue weighted by Gasteiger charge is -2.10. The average molecular weight is 409 g/mol. The molecule has 5 aromatic rings. The molecule has 0 aliphatic rings. The summed E-state index contributed by atoms with van der Waals surface area (Å²) in [6.07, 6.45) is 0. The van der Waals surface area contributed by atoms with E-state index in [2.05, 4.69) is 39.2 Å². The van der Waals surface area contributed by atoms with E-state index in [1.54, 1.807) is 6.07 Å². The van der Waals surface area contributed by atoms with Crippen LogP contribution in [-0.2, 0) is 0 Å². The third-order valence-corrected chi connectivity index (χ3v) is 5.07. The molecule has 0 saturated carbocycles. The van der Waals surface area contributed by atoms with Crippen molar-refractivity contribution in [3.63, 3.8) is 0 Å². The van der Waals surface area contributed by atoms with Gasteiger partial charge in [0.1, 0.15) is 11.5 Å². The van der Waals surface area contributed by atoms with E-state index in [1.807, 2.05) is 37.3 Å². The van der Waals surface area contributed by atoms with Gasteiger partial charge in [-0.15, -0.1) is 0 Å². The molecule has 4 aromatic carbocycles. The summed E-state index contributed by atoms with van der Waals surface area (Å²) < 4.78 is 5.55. The van der Waals surface area contributed by atoms with Crippen molar-refractivity contribution in [3.8, 4) is 40.3 Å². The van der Waals surface area contributed by atoms with Gasteiger partial charge in [-0.2, -0.15) is 9.97 Å². The first-order chi connectivity index (χ1) is 15.1. The zero-order valence-corrected chi connectivity index (χ0v) is 16.8. The second-order valence-electron chi connectivity index (χ2n) is 7.16. The number of phenols is 2. The van der Waals surface area contributed by atoms with Gasteiger partial charge >= 0.3 is 6.01 Å². The van der Waals surface area contributed by atoms with Crippen LogP contribution in [0.1, 0.15) is 6.92 Å². The molecule has 2 N–H and O–H groups in total. The summed E-state index contributed by atoms with van der Waals surface area (Å²) in [5.41, 5.74) is 1.19. The maximum Gasteiger partial charge on any atom is 0.320 e. The summed E-state index contributed by atoms with van der Waals surface area (Å²) in [4.78, 5) is 13.4. The summed E-state index contributed by atoms with van der Waals surface area (Å²) in [5, 5.41) is 24.4. The van der Waals surface area contributed by atoms with Crippen LogP contribution in [0.5, 0.6) is 17.5 Å². The largest absolute Gasteiger partial charge is 0.508 e. The fourth-order valence-corrected chi connectivity index (χ4v) is 3.59. The van der Waals surface area contributed by atoms with Crippen molar-refractivity contribution in [3.05, 3.63) is 72.8 Å². The third kappa shape index (κ3) is 3.59. The van der Waals surface area contributed by atoms with Gasteiger partial charge in [0.2, 0.25) is 0 Å². The van der Waals surface area contributed by atoms with Crippen molar-refractivity contribution in [1.29, 1.82) is 0 Å². The Kier molecular flexibility index (Phi) is 4.59. The first kappa shape index (κ1) is 18.8. The van der Waals surface area contributed by atoms with Crippen LogP contribution in [0.4, 0.5) is 0 Å². The predicted octanol–water partition coefficient (Wildman–Crippen LogP) is 5.32. The van der Waals surface area contributed by atoms with Crippen LogP contribution in [0, 0.1) is 0 Å². The highest BCUT2D eigenvalue weighted by Crippen LogP contribution is 2.32. The van der Waals surface area contributed by atoms with Crippen molar-refractivity contribution >= 4 is 21.5 Å². The first-order valence-electron chi connectivity index (χ1n) is 9.95. The van der Waals surface area contributed by atoms with Crippen LogP contribution in [0.25, 0.3) is 44.3 Å². The fraction of sp³-hybridized carbons (Fsp3) is 0.0800. The standard InChI is InChI=1S/C25H19N3O3/c1-2-31-25-27-23(26-24(28-25)21-10-9-20(29)14-22(21)30)18-8-7-17-11-15-5-3-4-6-16(15)12-19(17)13-18/h3-14,29-30H,2H2,1H3. The van der Waals surface area contributed by atoms with E-state index in [0.717, 1.165) is 21.7 Å². The second-order valence-corrected chi connectivity index (χ2v) is 7.16. The molecule has 0 aliphatic heterocycles. The van der Waals surface area contributed by atoms with Crippen LogP contribution < -0.4 is 4.74 Å². The van der Waals surface area contributed by atoms with Crippen molar-refractivity contribution in [2.45, 2.75) is 6.92 Å². The van der Waals surface area contributed by atoms with Gasteiger partial charge in [-0.1, -0.05) is 36.4 Å². The van der Waals surface area contributed by atoms with Gasteiger partial charge < -0.3 is 14.9 Å². The highest BCUT2D eigenvalue weighted by atomic mass is 16.5. The summed E-state index contributed by atoms with van der Waals surface area (Å²) in [5.74, 6) is 0.549. The number of ether oxygens (including phenoxy) is 1. The molecule has 152 valence electrons. The molecule has 0 radical (unpaired) electrons. The highest BCUT2D eigenvalue weighted by Gasteiger charge is 2.15. The van der Waals surface area contributed by atoms with Crippen LogP contribution in [-0.4, -0.2) is 31.8 Å². The van der Waals surface area contributed by atoms with Gasteiger partial charge in [0, 0.05) is 11.6 Å². The highest BCUT2D eigenvalue weighted by molar-refractivity contribution is 5.99. The van der Waals surface area contributed by atoms with Crippen molar-refractivity contribution in [1.82, 2.24) is 15.0 Å². The number of fused-ring (bicyclic) bond motifs is 2. The van der Waals surface area contributed by atoms with Crippen LogP contribution in [0.3, 0.4) is 0 Å². The van der Waals surface area contributed by atoms with Gasteiger partial charge in [0.15, 0.2) is 11.6 Å². The summed E-state index contributed by atoms with van der Waals surface area (Å²) in [7, 11) is 0. The Morgan fingerprint density at radius 1 is 0.710 bits per heavy atom. The zero-order valence-electron chi connectivity index (χ0n) is 16.8. The van der Waals surface area contributed by atoms with Gasteiger partial charge in [-0.25, -0.2) is 4.98 Å². The van der Waals surface area contributed by atoms with E-state index in [1.165, 1.54) is 17.5 Å². The smallest absolute Gasteiger partial charge is 0.320 e. The molecule has 0 amide bonds. The monoisotopic (exact) mass is 409 g/mol. The lowest BCUT2D eigenvalue weighted by atomic mass is 10.0. The van der Waals surface area contributed by atoms with Crippen molar-refractivity contribution in [2.24, 2.45) is 0 Å². The summed E-state index contributed by atoms with van der Waals surface area (Å²) in [6, 6.07) is 23.0. The number of hydrogen-bond donors (Lipinski definition) is 2. The van der Waals surface area contributed by atoms with Gasteiger partial charge in [0.25, 0.3) is 0 Å². The van der Waals surface area contributed by atoms with Crippen LogP contribution in [0.2, 0.25) is 0 Å². The molecule has 0 aliphatic carbocycles. The maximum absolute atomic E-state index is 10.3. The molecule has 0 saturated heterocycles. The normalized spacial score (nSPS) is 11.1. The minimum absolute atomic E-state index is 0.0395. The molecule has 6 nitrogen and oxygen atoms in total. The minimum atomic E-state index is -0.121. The van der Waals surface area contributed by atoms with Crippen LogP contribution >= 0.6 is 0 Å². The molecule has 1 aromatic heterocycles. The van der Waals surface area contributed by atoms with E-state index >= 15 is 0 Å². The quantitative estimate of drug-likeness (QED) is 0.391. The zero-order chi connectivity index (χ0) is 21.4. The molecular weight excluding hydrogens is 390 g/mol. The Morgan fingerprint density at radius 3 is 2.16 bits per heavy atom. The average Bonchev–Trinajstić information content (AvgIpc) is 2.77. The summed E-state index contributed by atoms with van der Waals surface area (Å²) >= 11 is 0. The van der Waals surface area contributed by atoms with Crippen molar-refractivity contribution < 1.29 is 14.9 Å². The molecule has 31 heavy (non-hydrogen) atoms. The predicted molar refractivity (Wildman–Crippen MR) is 120 cm³/mol. The van der Waals surface area contributed by atoms with Gasteiger partial charge in [0.05, 0.1) is 12.2 Å². The number of aromatic nitrogens is 3. The molecule has 0 bridgehead atoms. The van der Waals surface area contributed by atoms with E-state index in [0.29, 0.717) is 18.0 Å². The topological polar surface area (TPSA) is 88.4 Å². The Morgan fingerprint density at radius 2 is 1.42 bits per heavy atom. The molecule has 6 heteroatoms. The molecule has 5 rings (SSSR count). The Balaban J connectivity index is 1.67. The second kappa shape index (κ2) is 7.57. The van der Waals surface area contributed by atoms with E-state index in [4.69, 9.17) is 4.74 Å². The lowest BCUT2D eigenvalue weighted by Crippen LogP contribution is -2.03. The molecule has 0 atom stereocenters. The minimum Gasteiger partial charge on any atom is -0.508 e. The van der Waals surface area contributed by atoms with Gasteiger partial charge in [-0.3, -0.25) is 0 Å². The van der Waals surface area contributed by atoms with E-state index in [9.17, 15) is 10.2 Å². The molecule has 0 unspecified atom stereocenters. The number of benzene rings is 4. The Labute approximate surface area is 178 Å². The third-order valence-electron chi connectivity index (χ3n) is 5.07. The Bertz CT molecular complexity index is 1430. The lowest BCUT2D eigenvalue weighted by molar-refractivity contribution is 0.312. The Hall–Kier alpha value is -4.19. The number of phenolic OH excluding ortho intramolecular Hbond substituents is 2. The molecule has 0 fully saturated rings. The number of rotatable bonds is 4. The molecular formula is C25H19N3O3. The number of aromatic hydroxyl groups is 2. The maximum atomic E-state index is 10.3. The first-order valence-corrected chi connectivity index (χ1v) is 9.95. The van der Waals surface area contributed by atoms with Gasteiger partial charge in [-0.05, 0) is 58.8 Å². The fourth-order valence-electron chi connectivity index (χ4n) is 3.59. The number of nitrogens with zero attached hydrogens (tertiary/aromatic N) is 3. The van der Waals surface area contributed by atoms with E-state index in [-0.39, 0.29) is 23.3 Å². The van der Waals surface area contributed by atoms with Crippen molar-refractivity contribution in [2.75, 3.05) is 6.61 Å².